The maximum atomic E-state index is 12.4. The number of nitrogens with one attached hydrogen (secondary N) is 1. The zero-order valence-electron chi connectivity index (χ0n) is 18.6. The molecule has 1 heterocycles. The van der Waals surface area contributed by atoms with Crippen molar-refractivity contribution in [2.45, 2.75) is 38.4 Å². The molecule has 0 bridgehead atoms. The van der Waals surface area contributed by atoms with Gasteiger partial charge in [0.1, 0.15) is 12.1 Å². The topological polar surface area (TPSA) is 89.4 Å². The fourth-order valence-electron chi connectivity index (χ4n) is 3.02. The molecule has 0 spiro atoms. The quantitative estimate of drug-likeness (QED) is 0.314. The number of urea groups is 1. The van der Waals surface area contributed by atoms with Gasteiger partial charge in [-0.3, -0.25) is 14.3 Å². The lowest BCUT2D eigenvalue weighted by Crippen LogP contribution is -2.40. The van der Waals surface area contributed by atoms with Crippen molar-refractivity contribution in [2.24, 2.45) is 0 Å². The molecule has 0 atom stereocenters. The molecule has 0 saturated carbocycles. The van der Waals surface area contributed by atoms with Gasteiger partial charge in [-0.05, 0) is 56.2 Å². The fraction of sp³-hybridized carbons (Fsp3) is 0.304. The van der Waals surface area contributed by atoms with Crippen LogP contribution < -0.4 is 15.0 Å². The number of nitrogens with zero attached hydrogens (tertiary/aromatic N) is 4. The van der Waals surface area contributed by atoms with Crippen molar-refractivity contribution < 1.29 is 14.3 Å². The minimum atomic E-state index is -0.396. The number of ether oxygens (including phenoxy) is 1. The molecule has 32 heavy (non-hydrogen) atoms. The van der Waals surface area contributed by atoms with Crippen molar-refractivity contribution in [3.8, 4) is 11.4 Å². The summed E-state index contributed by atoms with van der Waals surface area (Å²) < 4.78 is 7.31. The molecule has 0 saturated heterocycles. The second kappa shape index (κ2) is 10.8. The van der Waals surface area contributed by atoms with Crippen molar-refractivity contribution in [3.63, 3.8) is 0 Å². The average molecular weight is 454 g/mol. The predicted molar refractivity (Wildman–Crippen MR) is 126 cm³/mol. The molecule has 168 valence electrons. The van der Waals surface area contributed by atoms with Crippen molar-refractivity contribution in [1.29, 1.82) is 0 Å². The number of aromatic nitrogens is 3. The second-order valence-corrected chi connectivity index (χ2v) is 8.33. The zero-order valence-corrected chi connectivity index (χ0v) is 19.4. The summed E-state index contributed by atoms with van der Waals surface area (Å²) in [7, 11) is 1.68. The lowest BCUT2D eigenvalue weighted by atomic mass is 10.1. The van der Waals surface area contributed by atoms with Gasteiger partial charge in [0, 0.05) is 18.8 Å². The van der Waals surface area contributed by atoms with E-state index in [0.717, 1.165) is 12.1 Å². The van der Waals surface area contributed by atoms with E-state index in [0.29, 0.717) is 16.6 Å². The van der Waals surface area contributed by atoms with E-state index >= 15 is 0 Å². The van der Waals surface area contributed by atoms with E-state index in [1.165, 1.54) is 22.2 Å². The third-order valence-electron chi connectivity index (χ3n) is 4.64. The standard InChI is InChI=1S/C23H27N5O3S/c1-5-17-8-6-7-9-20(17)28-15-24-26-23(28)32-14-21(29)31-19-12-10-18(11-13-19)27(4)22(30)25-16(2)3/h6-13,15-16H,5,14H2,1-4H3,(H,25,30). The third kappa shape index (κ3) is 5.88. The van der Waals surface area contributed by atoms with Crippen LogP contribution in [-0.2, 0) is 11.2 Å². The third-order valence-corrected chi connectivity index (χ3v) is 5.56. The Balaban J connectivity index is 1.58. The molecule has 3 rings (SSSR count). The van der Waals surface area contributed by atoms with Gasteiger partial charge in [0.25, 0.3) is 0 Å². The number of hydrogen-bond donors (Lipinski definition) is 1. The largest absolute Gasteiger partial charge is 0.426 e. The molecule has 1 N–H and O–H groups in total. The summed E-state index contributed by atoms with van der Waals surface area (Å²) in [6, 6.07) is 14.7. The summed E-state index contributed by atoms with van der Waals surface area (Å²) in [4.78, 5) is 26.0. The first-order chi connectivity index (χ1) is 15.4. The van der Waals surface area contributed by atoms with Crippen LogP contribution in [0.5, 0.6) is 5.75 Å². The summed E-state index contributed by atoms with van der Waals surface area (Å²) >= 11 is 1.27. The molecule has 9 heteroatoms. The van der Waals surface area contributed by atoms with Crippen LogP contribution in [0.1, 0.15) is 26.3 Å². The number of benzene rings is 2. The number of carbonyl (C=O) groups excluding carboxylic acids is 2. The molecule has 2 aromatic carbocycles. The zero-order chi connectivity index (χ0) is 23.1. The monoisotopic (exact) mass is 453 g/mol. The molecular weight excluding hydrogens is 426 g/mol. The number of rotatable bonds is 8. The molecular formula is C23H27N5O3S. The van der Waals surface area contributed by atoms with Crippen LogP contribution in [0.3, 0.4) is 0 Å². The van der Waals surface area contributed by atoms with Gasteiger partial charge in [-0.1, -0.05) is 36.9 Å². The van der Waals surface area contributed by atoms with Crippen LogP contribution in [0.2, 0.25) is 0 Å². The molecule has 0 aliphatic rings. The first-order valence-corrected chi connectivity index (χ1v) is 11.3. The van der Waals surface area contributed by atoms with Gasteiger partial charge in [-0.2, -0.15) is 0 Å². The van der Waals surface area contributed by atoms with Crippen molar-refractivity contribution in [3.05, 3.63) is 60.4 Å². The number of amides is 2. The Labute approximate surface area is 192 Å². The molecule has 0 radical (unpaired) electrons. The van der Waals surface area contributed by atoms with E-state index in [1.54, 1.807) is 37.6 Å². The summed E-state index contributed by atoms with van der Waals surface area (Å²) in [6.45, 7) is 5.89. The predicted octanol–water partition coefficient (Wildman–Crippen LogP) is 4.08. The number of hydrogen-bond acceptors (Lipinski definition) is 6. The Kier molecular flexibility index (Phi) is 7.88. The summed E-state index contributed by atoms with van der Waals surface area (Å²) in [6.07, 6.45) is 2.53. The summed E-state index contributed by atoms with van der Waals surface area (Å²) in [5, 5.41) is 11.6. The fourth-order valence-corrected chi connectivity index (χ4v) is 3.71. The highest BCUT2D eigenvalue weighted by Crippen LogP contribution is 2.24. The number of anilines is 1. The first-order valence-electron chi connectivity index (χ1n) is 10.3. The van der Waals surface area contributed by atoms with Crippen LogP contribution in [0, 0.1) is 0 Å². The van der Waals surface area contributed by atoms with Gasteiger partial charge in [0.2, 0.25) is 0 Å². The van der Waals surface area contributed by atoms with E-state index in [9.17, 15) is 9.59 Å². The average Bonchev–Trinajstić information content (AvgIpc) is 3.25. The van der Waals surface area contributed by atoms with E-state index in [-0.39, 0.29) is 17.8 Å². The van der Waals surface area contributed by atoms with Crippen LogP contribution in [0.15, 0.2) is 60.0 Å². The SMILES string of the molecule is CCc1ccccc1-n1cnnc1SCC(=O)Oc1ccc(N(C)C(=O)NC(C)C)cc1. The summed E-state index contributed by atoms with van der Waals surface area (Å²) in [5.74, 6) is 0.104. The van der Waals surface area contributed by atoms with E-state index in [1.807, 2.05) is 36.6 Å². The Morgan fingerprint density at radius 3 is 2.56 bits per heavy atom. The van der Waals surface area contributed by atoms with E-state index in [4.69, 9.17) is 4.74 Å². The van der Waals surface area contributed by atoms with Gasteiger partial charge >= 0.3 is 12.0 Å². The van der Waals surface area contributed by atoms with Crippen molar-refractivity contribution in [2.75, 3.05) is 17.7 Å². The lowest BCUT2D eigenvalue weighted by Gasteiger charge is -2.20. The van der Waals surface area contributed by atoms with Gasteiger partial charge in [0.05, 0.1) is 11.4 Å². The molecule has 3 aromatic rings. The smallest absolute Gasteiger partial charge is 0.321 e. The molecule has 0 aliphatic carbocycles. The van der Waals surface area contributed by atoms with Crippen LogP contribution in [0.25, 0.3) is 5.69 Å². The highest BCUT2D eigenvalue weighted by atomic mass is 32.2. The molecule has 2 amide bonds. The minimum Gasteiger partial charge on any atom is -0.426 e. The highest BCUT2D eigenvalue weighted by Gasteiger charge is 2.15. The normalized spacial score (nSPS) is 10.8. The van der Waals surface area contributed by atoms with Crippen molar-refractivity contribution in [1.82, 2.24) is 20.1 Å². The second-order valence-electron chi connectivity index (χ2n) is 7.39. The first kappa shape index (κ1) is 23.3. The maximum absolute atomic E-state index is 12.4. The molecule has 1 aromatic heterocycles. The number of carbonyl (C=O) groups is 2. The number of esters is 1. The number of para-hydroxylation sites is 1. The Morgan fingerprint density at radius 2 is 1.88 bits per heavy atom. The van der Waals surface area contributed by atoms with E-state index in [2.05, 4.69) is 28.5 Å². The molecule has 8 nitrogen and oxygen atoms in total. The number of thioether (sulfide) groups is 1. The molecule has 0 fully saturated rings. The van der Waals surface area contributed by atoms with Crippen LogP contribution >= 0.6 is 11.8 Å². The highest BCUT2D eigenvalue weighted by molar-refractivity contribution is 7.99. The van der Waals surface area contributed by atoms with Gasteiger partial charge in [-0.15, -0.1) is 10.2 Å². The lowest BCUT2D eigenvalue weighted by molar-refractivity contribution is -0.131. The van der Waals surface area contributed by atoms with E-state index < -0.39 is 5.97 Å². The van der Waals surface area contributed by atoms with Crippen LogP contribution in [0.4, 0.5) is 10.5 Å². The van der Waals surface area contributed by atoms with Gasteiger partial charge in [-0.25, -0.2) is 4.79 Å². The van der Waals surface area contributed by atoms with Crippen LogP contribution in [-0.4, -0.2) is 45.6 Å². The number of aryl methyl sites for hydroxylation is 1. The summed E-state index contributed by atoms with van der Waals surface area (Å²) in [5.41, 5.74) is 2.86. The Hall–Kier alpha value is -3.33. The minimum absolute atomic E-state index is 0.0453. The molecule has 0 unspecified atom stereocenters. The maximum Gasteiger partial charge on any atom is 0.321 e. The van der Waals surface area contributed by atoms with Gasteiger partial charge < -0.3 is 10.1 Å². The van der Waals surface area contributed by atoms with Crippen molar-refractivity contribution >= 4 is 29.4 Å². The Morgan fingerprint density at radius 1 is 1.16 bits per heavy atom. The molecule has 0 aliphatic heterocycles. The Bertz CT molecular complexity index is 1070. The van der Waals surface area contributed by atoms with Gasteiger partial charge in [0.15, 0.2) is 5.16 Å².